The fourth-order valence-electron chi connectivity index (χ4n) is 1.48. The smallest absolute Gasteiger partial charge is 0.195 e. The maximum absolute atomic E-state index is 13.2. The molecule has 0 fully saturated rings. The zero-order valence-corrected chi connectivity index (χ0v) is 12.7. The summed E-state index contributed by atoms with van der Waals surface area (Å²) in [4.78, 5) is 0. The average Bonchev–Trinajstić information content (AvgIpc) is 2.45. The summed E-state index contributed by atoms with van der Waals surface area (Å²) in [5, 5.41) is 0. The molecule has 0 saturated carbocycles. The molecule has 0 aromatic rings. The summed E-state index contributed by atoms with van der Waals surface area (Å²) >= 11 is 0. The summed E-state index contributed by atoms with van der Waals surface area (Å²) < 4.78 is 192. The molecule has 0 heterocycles. The highest BCUT2D eigenvalue weighted by molar-refractivity contribution is 5.16. The van der Waals surface area contributed by atoms with Crippen LogP contribution >= 0.6 is 0 Å². The van der Waals surface area contributed by atoms with Crippen molar-refractivity contribution in [1.82, 2.24) is 0 Å². The van der Waals surface area contributed by atoms with Crippen molar-refractivity contribution < 1.29 is 65.9 Å². The van der Waals surface area contributed by atoms with Crippen molar-refractivity contribution in [3.05, 3.63) is 12.2 Å². The van der Waals surface area contributed by atoms with E-state index in [-0.39, 0.29) is 12.5 Å². The van der Waals surface area contributed by atoms with Crippen LogP contribution in [0, 0.1) is 0 Å². The van der Waals surface area contributed by atoms with Crippen LogP contribution in [0.3, 0.4) is 0 Å². The quantitative estimate of drug-likeness (QED) is 0.292. The van der Waals surface area contributed by atoms with Crippen LogP contribution in [-0.2, 0) is 0 Å². The van der Waals surface area contributed by atoms with Crippen molar-refractivity contribution in [3.63, 3.8) is 0 Å². The topological polar surface area (TPSA) is 0 Å². The number of halogens is 15. The van der Waals surface area contributed by atoms with Crippen LogP contribution < -0.4 is 0 Å². The van der Waals surface area contributed by atoms with Crippen LogP contribution in [-0.4, -0.2) is 41.7 Å². The second kappa shape index (κ2) is 6.94. The summed E-state index contributed by atoms with van der Waals surface area (Å²) in [6.07, 6.45) is -9.11. The maximum Gasteiger partial charge on any atom is 0.460 e. The van der Waals surface area contributed by atoms with E-state index < -0.39 is 54.2 Å². The lowest BCUT2D eigenvalue weighted by atomic mass is 9.91. The van der Waals surface area contributed by atoms with Crippen LogP contribution in [0.1, 0.15) is 19.8 Å². The van der Waals surface area contributed by atoms with E-state index in [1.54, 1.807) is 0 Å². The van der Waals surface area contributed by atoms with Crippen molar-refractivity contribution >= 4 is 0 Å². The van der Waals surface area contributed by atoms with E-state index >= 15 is 0 Å². The number of unbranched alkanes of at least 4 members (excludes halogenated alkanes) is 1. The van der Waals surface area contributed by atoms with Crippen LogP contribution in [0.15, 0.2) is 12.2 Å². The van der Waals surface area contributed by atoms with Gasteiger partial charge in [-0.3, -0.25) is 0 Å². The van der Waals surface area contributed by atoms with Crippen molar-refractivity contribution in [2.75, 3.05) is 0 Å². The van der Waals surface area contributed by atoms with Gasteiger partial charge in [-0.2, -0.15) is 65.9 Å². The molecule has 0 radical (unpaired) electrons. The molecule has 0 atom stereocenters. The predicted octanol–water partition coefficient (Wildman–Crippen LogP) is 6.72. The molecule has 0 saturated heterocycles. The largest absolute Gasteiger partial charge is 0.460 e. The van der Waals surface area contributed by atoms with E-state index in [1.807, 2.05) is 0 Å². The standard InChI is InChI=1S/C12H9F15/c1-2-3-4-5-6(13,14)7(15,16)8(17,18)9(19,20)10(21,22)11(23,24)12(25,26)27/h4-5H,2-3H2,1H3. The van der Waals surface area contributed by atoms with Crippen molar-refractivity contribution in [3.8, 4) is 0 Å². The summed E-state index contributed by atoms with van der Waals surface area (Å²) in [6.45, 7) is 1.27. The SMILES string of the molecule is CCCC=CC(F)(F)C(F)(F)C(F)(F)C(F)(F)C(F)(F)C(F)(F)C(F)(F)F. The minimum Gasteiger partial charge on any atom is -0.195 e. The molecule has 0 nitrogen and oxygen atoms in total. The number of allylic oxidation sites excluding steroid dienone is 2. The lowest BCUT2D eigenvalue weighted by Gasteiger charge is -2.41. The first kappa shape index (κ1) is 25.7. The second-order valence-electron chi connectivity index (χ2n) is 5.18. The molecular weight excluding hydrogens is 429 g/mol. The van der Waals surface area contributed by atoms with Crippen LogP contribution in [0.5, 0.6) is 0 Å². The van der Waals surface area contributed by atoms with E-state index in [0.717, 1.165) is 0 Å². The Morgan fingerprint density at radius 3 is 1.19 bits per heavy atom. The first-order chi connectivity index (χ1) is 11.6. The third-order valence-electron chi connectivity index (χ3n) is 3.13. The van der Waals surface area contributed by atoms with E-state index in [0.29, 0.717) is 0 Å². The Hall–Kier alpha value is -1.31. The van der Waals surface area contributed by atoms with Gasteiger partial charge in [0.25, 0.3) is 0 Å². The summed E-state index contributed by atoms with van der Waals surface area (Å²) in [7, 11) is 0. The number of rotatable bonds is 8. The van der Waals surface area contributed by atoms with Gasteiger partial charge in [0.05, 0.1) is 0 Å². The minimum atomic E-state index is -8.23. The number of hydrogen-bond donors (Lipinski definition) is 0. The number of hydrogen-bond acceptors (Lipinski definition) is 0. The van der Waals surface area contributed by atoms with Gasteiger partial charge in [-0.05, 0) is 12.5 Å². The molecule has 15 heteroatoms. The van der Waals surface area contributed by atoms with Crippen molar-refractivity contribution in [2.24, 2.45) is 0 Å². The Labute approximate surface area is 141 Å². The molecule has 162 valence electrons. The van der Waals surface area contributed by atoms with E-state index in [2.05, 4.69) is 0 Å². The van der Waals surface area contributed by atoms with Crippen LogP contribution in [0.2, 0.25) is 0 Å². The first-order valence-corrected chi connectivity index (χ1v) is 6.57. The fourth-order valence-corrected chi connectivity index (χ4v) is 1.48. The Morgan fingerprint density at radius 2 is 0.852 bits per heavy atom. The molecule has 0 aliphatic carbocycles. The van der Waals surface area contributed by atoms with Gasteiger partial charge in [-0.15, -0.1) is 0 Å². The maximum atomic E-state index is 13.2. The molecule has 0 aromatic carbocycles. The molecule has 0 amide bonds. The highest BCUT2D eigenvalue weighted by atomic mass is 19.4. The molecule has 0 spiro atoms. The normalized spacial score (nSPS) is 16.3. The zero-order valence-electron chi connectivity index (χ0n) is 12.7. The molecule has 0 aliphatic heterocycles. The van der Waals surface area contributed by atoms with Gasteiger partial charge in [0, 0.05) is 0 Å². The van der Waals surface area contributed by atoms with E-state index in [4.69, 9.17) is 0 Å². The van der Waals surface area contributed by atoms with Crippen LogP contribution in [0.4, 0.5) is 65.9 Å². The minimum absolute atomic E-state index is 0.0411. The van der Waals surface area contributed by atoms with Gasteiger partial charge in [-0.25, -0.2) is 0 Å². The Bertz CT molecular complexity index is 539. The molecule has 0 rings (SSSR count). The fraction of sp³-hybridized carbons (Fsp3) is 0.833. The van der Waals surface area contributed by atoms with E-state index in [9.17, 15) is 65.9 Å². The molecule has 0 unspecified atom stereocenters. The molecule has 27 heavy (non-hydrogen) atoms. The highest BCUT2D eigenvalue weighted by Crippen LogP contribution is 2.62. The summed E-state index contributed by atoms with van der Waals surface area (Å²) in [5.74, 6) is -46.1. The third-order valence-corrected chi connectivity index (χ3v) is 3.13. The average molecular weight is 438 g/mol. The second-order valence-corrected chi connectivity index (χ2v) is 5.18. The Balaban J connectivity index is 6.39. The molecule has 0 aromatic heterocycles. The van der Waals surface area contributed by atoms with Gasteiger partial charge in [0.2, 0.25) is 0 Å². The summed E-state index contributed by atoms with van der Waals surface area (Å²) in [5.41, 5.74) is 0. The molecular formula is C12H9F15. The Morgan fingerprint density at radius 1 is 0.519 bits per heavy atom. The Kier molecular flexibility index (Phi) is 6.60. The van der Waals surface area contributed by atoms with Gasteiger partial charge in [0.15, 0.2) is 0 Å². The number of alkyl halides is 15. The highest BCUT2D eigenvalue weighted by Gasteiger charge is 2.93. The zero-order chi connectivity index (χ0) is 22.3. The van der Waals surface area contributed by atoms with Gasteiger partial charge >= 0.3 is 41.7 Å². The van der Waals surface area contributed by atoms with Crippen LogP contribution in [0.25, 0.3) is 0 Å². The van der Waals surface area contributed by atoms with Gasteiger partial charge < -0.3 is 0 Å². The molecule has 0 N–H and O–H groups in total. The predicted molar refractivity (Wildman–Crippen MR) is 59.8 cm³/mol. The van der Waals surface area contributed by atoms with E-state index in [1.165, 1.54) is 6.92 Å². The lowest BCUT2D eigenvalue weighted by molar-refractivity contribution is -0.449. The van der Waals surface area contributed by atoms with Gasteiger partial charge in [-0.1, -0.05) is 19.4 Å². The first-order valence-electron chi connectivity index (χ1n) is 6.57. The molecule has 0 aliphatic rings. The van der Waals surface area contributed by atoms with Crippen molar-refractivity contribution in [1.29, 1.82) is 0 Å². The van der Waals surface area contributed by atoms with Gasteiger partial charge in [0.1, 0.15) is 0 Å². The monoisotopic (exact) mass is 438 g/mol. The van der Waals surface area contributed by atoms with Crippen molar-refractivity contribution in [2.45, 2.75) is 61.5 Å². The molecule has 0 bridgehead atoms. The summed E-state index contributed by atoms with van der Waals surface area (Å²) in [6, 6.07) is 0. The third kappa shape index (κ3) is 3.69. The lowest BCUT2D eigenvalue weighted by Crippen LogP contribution is -2.72.